The first-order valence-electron chi connectivity index (χ1n) is 11.8. The van der Waals surface area contributed by atoms with Gasteiger partial charge in [-0.3, -0.25) is 4.79 Å². The number of para-hydroxylation sites is 1. The van der Waals surface area contributed by atoms with Crippen LogP contribution in [-0.2, 0) is 0 Å². The van der Waals surface area contributed by atoms with Gasteiger partial charge in [0.15, 0.2) is 11.5 Å². The fourth-order valence-electron chi connectivity index (χ4n) is 4.21. The van der Waals surface area contributed by atoms with Crippen molar-refractivity contribution in [1.29, 1.82) is 0 Å². The molecular formula is C27H32BrN3O3. The average Bonchev–Trinajstić information content (AvgIpc) is 2.83. The third-order valence-electron chi connectivity index (χ3n) is 6.01. The van der Waals surface area contributed by atoms with E-state index in [4.69, 9.17) is 14.5 Å². The van der Waals surface area contributed by atoms with Gasteiger partial charge in [-0.25, -0.2) is 4.98 Å². The molecule has 7 heteroatoms. The monoisotopic (exact) mass is 525 g/mol. The van der Waals surface area contributed by atoms with E-state index in [1.165, 1.54) is 11.1 Å². The molecule has 4 rings (SSSR count). The summed E-state index contributed by atoms with van der Waals surface area (Å²) in [6.45, 7) is 6.92. The lowest BCUT2D eigenvalue weighted by Gasteiger charge is -2.22. The van der Waals surface area contributed by atoms with Gasteiger partial charge in [-0.2, -0.15) is 9.78 Å². The summed E-state index contributed by atoms with van der Waals surface area (Å²) >= 11 is 3.63. The van der Waals surface area contributed by atoms with Gasteiger partial charge in [0.1, 0.15) is 5.82 Å². The molecule has 34 heavy (non-hydrogen) atoms. The van der Waals surface area contributed by atoms with E-state index in [-0.39, 0.29) is 16.9 Å². The molecule has 1 fully saturated rings. The minimum atomic E-state index is -0.143. The summed E-state index contributed by atoms with van der Waals surface area (Å²) in [6.07, 6.45) is 7.26. The molecule has 1 aromatic heterocycles. The third kappa shape index (κ3) is 5.52. The summed E-state index contributed by atoms with van der Waals surface area (Å²) in [4.78, 5) is 18.3. The molecule has 1 aliphatic carbocycles. The molecule has 0 aliphatic heterocycles. The zero-order chi connectivity index (χ0) is 24.3. The molecule has 0 unspecified atom stereocenters. The van der Waals surface area contributed by atoms with Crippen LogP contribution >= 0.6 is 15.9 Å². The van der Waals surface area contributed by atoms with Gasteiger partial charge >= 0.3 is 0 Å². The van der Waals surface area contributed by atoms with Crippen LogP contribution in [0.5, 0.6) is 11.5 Å². The van der Waals surface area contributed by atoms with E-state index in [1.54, 1.807) is 13.3 Å². The van der Waals surface area contributed by atoms with Crippen LogP contribution in [0.15, 0.2) is 50.8 Å². The quantitative estimate of drug-likeness (QED) is 0.343. The molecule has 0 N–H and O–H groups in total. The van der Waals surface area contributed by atoms with Crippen molar-refractivity contribution in [3.8, 4) is 11.5 Å². The van der Waals surface area contributed by atoms with Gasteiger partial charge in [0.25, 0.3) is 5.56 Å². The molecule has 6 nitrogen and oxygen atoms in total. The van der Waals surface area contributed by atoms with Crippen molar-refractivity contribution in [2.75, 3.05) is 13.7 Å². The lowest BCUT2D eigenvalue weighted by Crippen LogP contribution is -2.25. The lowest BCUT2D eigenvalue weighted by atomic mass is 9.88. The number of aromatic nitrogens is 2. The Labute approximate surface area is 209 Å². The van der Waals surface area contributed by atoms with Crippen LogP contribution in [0, 0.1) is 5.41 Å². The molecule has 0 atom stereocenters. The highest BCUT2D eigenvalue weighted by Gasteiger charge is 2.22. The first kappa shape index (κ1) is 24.5. The molecule has 180 valence electrons. The lowest BCUT2D eigenvalue weighted by molar-refractivity contribution is 0.191. The first-order valence-corrected chi connectivity index (χ1v) is 12.6. The van der Waals surface area contributed by atoms with Crippen molar-refractivity contribution in [3.63, 3.8) is 0 Å². The summed E-state index contributed by atoms with van der Waals surface area (Å²) in [5.41, 5.74) is 1.39. The Balaban J connectivity index is 1.74. The maximum atomic E-state index is 13.4. The van der Waals surface area contributed by atoms with Gasteiger partial charge in [0.2, 0.25) is 0 Å². The fraction of sp³-hybridized carbons (Fsp3) is 0.444. The van der Waals surface area contributed by atoms with Crippen molar-refractivity contribution < 1.29 is 9.47 Å². The number of rotatable bonds is 6. The molecule has 0 saturated heterocycles. The maximum Gasteiger partial charge on any atom is 0.282 e. The second-order valence-corrected chi connectivity index (χ2v) is 10.9. The van der Waals surface area contributed by atoms with Crippen molar-refractivity contribution in [3.05, 3.63) is 62.6 Å². The van der Waals surface area contributed by atoms with Gasteiger partial charge in [-0.15, -0.1) is 0 Å². The Bertz CT molecular complexity index is 1250. The molecule has 0 spiro atoms. The second kappa shape index (κ2) is 10.3. The highest BCUT2D eigenvalue weighted by Crippen LogP contribution is 2.35. The van der Waals surface area contributed by atoms with E-state index in [9.17, 15) is 4.79 Å². The van der Waals surface area contributed by atoms with E-state index in [2.05, 4.69) is 41.8 Å². The molecule has 2 aromatic carbocycles. The largest absolute Gasteiger partial charge is 0.493 e. The predicted molar refractivity (Wildman–Crippen MR) is 140 cm³/mol. The minimum absolute atomic E-state index is 0.0252. The minimum Gasteiger partial charge on any atom is -0.493 e. The Morgan fingerprint density at radius 3 is 2.59 bits per heavy atom. The van der Waals surface area contributed by atoms with E-state index >= 15 is 0 Å². The normalized spacial score (nSPS) is 15.2. The van der Waals surface area contributed by atoms with E-state index in [1.807, 2.05) is 36.4 Å². The van der Waals surface area contributed by atoms with Gasteiger partial charge < -0.3 is 9.47 Å². The Hall–Kier alpha value is -2.67. The van der Waals surface area contributed by atoms with Crippen LogP contribution in [0.2, 0.25) is 0 Å². The summed E-state index contributed by atoms with van der Waals surface area (Å²) in [5.74, 6) is 2.25. The van der Waals surface area contributed by atoms with Crippen molar-refractivity contribution in [1.82, 2.24) is 9.66 Å². The molecule has 1 aliphatic rings. The zero-order valence-corrected chi connectivity index (χ0v) is 21.9. The van der Waals surface area contributed by atoms with Crippen LogP contribution in [-0.4, -0.2) is 29.6 Å². The smallest absolute Gasteiger partial charge is 0.282 e. The molecule has 3 aromatic rings. The first-order chi connectivity index (χ1) is 16.3. The topological polar surface area (TPSA) is 65.7 Å². The Morgan fingerprint density at radius 2 is 1.88 bits per heavy atom. The number of nitrogens with zero attached hydrogens (tertiary/aromatic N) is 3. The van der Waals surface area contributed by atoms with Gasteiger partial charge in [0.05, 0.1) is 30.8 Å². The van der Waals surface area contributed by atoms with E-state index in [0.29, 0.717) is 23.5 Å². The van der Waals surface area contributed by atoms with Crippen LogP contribution in [0.3, 0.4) is 0 Å². The van der Waals surface area contributed by atoms with E-state index < -0.39 is 0 Å². The molecule has 0 bridgehead atoms. The van der Waals surface area contributed by atoms with Gasteiger partial charge in [-0.1, -0.05) is 52.2 Å². The summed E-state index contributed by atoms with van der Waals surface area (Å²) in [6, 6.07) is 11.2. The average molecular weight is 526 g/mol. The SMILES string of the molecule is COc1cc(C=Nn2c(C3CCCCC3)nc3ccccc3c2=O)c(Br)cc1OCC(C)(C)C. The zero-order valence-electron chi connectivity index (χ0n) is 20.3. The standard InChI is InChI=1S/C27H32BrN3O3/c1-27(2,3)17-34-24-15-21(28)19(14-23(24)33-4)16-29-31-25(18-10-6-5-7-11-18)30-22-13-9-8-12-20(22)26(31)32/h8-9,12-16,18H,5-7,10-11,17H2,1-4H3. The van der Waals surface area contributed by atoms with E-state index in [0.717, 1.165) is 47.1 Å². The Morgan fingerprint density at radius 1 is 1.15 bits per heavy atom. The van der Waals surface area contributed by atoms with Gasteiger partial charge in [-0.05, 0) is 58.5 Å². The summed E-state index contributed by atoms with van der Waals surface area (Å²) in [7, 11) is 1.62. The predicted octanol–water partition coefficient (Wildman–Crippen LogP) is 6.52. The van der Waals surface area contributed by atoms with Crippen LogP contribution in [0.4, 0.5) is 0 Å². The number of halogens is 1. The molecular weight excluding hydrogens is 494 g/mol. The molecule has 0 radical (unpaired) electrons. The Kier molecular flexibility index (Phi) is 7.41. The van der Waals surface area contributed by atoms with Crippen molar-refractivity contribution >= 4 is 33.0 Å². The van der Waals surface area contributed by atoms with Crippen LogP contribution in [0.25, 0.3) is 10.9 Å². The molecule has 1 heterocycles. The fourth-order valence-corrected chi connectivity index (χ4v) is 4.64. The van der Waals surface area contributed by atoms with Gasteiger partial charge in [0, 0.05) is 16.0 Å². The molecule has 0 amide bonds. The van der Waals surface area contributed by atoms with Crippen LogP contribution < -0.4 is 15.0 Å². The van der Waals surface area contributed by atoms with Crippen molar-refractivity contribution in [2.45, 2.75) is 58.8 Å². The number of hydrogen-bond donors (Lipinski definition) is 0. The van der Waals surface area contributed by atoms with Crippen molar-refractivity contribution in [2.24, 2.45) is 10.5 Å². The highest BCUT2D eigenvalue weighted by atomic mass is 79.9. The summed E-state index contributed by atoms with van der Waals surface area (Å²) in [5, 5.41) is 5.21. The van der Waals surface area contributed by atoms with Crippen LogP contribution in [0.1, 0.15) is 70.2 Å². The number of benzene rings is 2. The third-order valence-corrected chi connectivity index (χ3v) is 6.69. The number of fused-ring (bicyclic) bond motifs is 1. The number of methoxy groups -OCH3 is 1. The highest BCUT2D eigenvalue weighted by molar-refractivity contribution is 9.10. The molecule has 1 saturated carbocycles. The number of hydrogen-bond acceptors (Lipinski definition) is 5. The number of ether oxygens (including phenoxy) is 2. The maximum absolute atomic E-state index is 13.4. The second-order valence-electron chi connectivity index (χ2n) is 10.1. The summed E-state index contributed by atoms with van der Waals surface area (Å²) < 4.78 is 13.9.